The van der Waals surface area contributed by atoms with Gasteiger partial charge in [-0.15, -0.1) is 0 Å². The van der Waals surface area contributed by atoms with Crippen LogP contribution in [0.4, 0.5) is 4.79 Å². The molecule has 0 saturated heterocycles. The number of carbonyl (C=O) groups excluding carboxylic acids is 1. The average Bonchev–Trinajstić information content (AvgIpc) is 3.06. The van der Waals surface area contributed by atoms with Crippen molar-refractivity contribution in [3.63, 3.8) is 0 Å². The molecule has 0 aliphatic heterocycles. The normalized spacial score (nSPS) is 18.1. The molecule has 0 radical (unpaired) electrons. The molecule has 4 heteroatoms. The van der Waals surface area contributed by atoms with E-state index in [1.165, 1.54) is 27.6 Å². The first-order chi connectivity index (χ1) is 10.8. The molecular weight excluding hydrogens is 288 g/mol. The first kappa shape index (κ1) is 15.7. The molecule has 1 heterocycles. The number of nitrogens with one attached hydrogen (secondary N) is 2. The van der Waals surface area contributed by atoms with Gasteiger partial charge in [-0.3, -0.25) is 0 Å². The van der Waals surface area contributed by atoms with Gasteiger partial charge in [0.2, 0.25) is 0 Å². The fraction of sp³-hybridized carbons (Fsp3) is 0.421. The Morgan fingerprint density at radius 2 is 2.09 bits per heavy atom. The average molecular weight is 312 g/mol. The van der Waals surface area contributed by atoms with Gasteiger partial charge in [-0.05, 0) is 63.3 Å². The summed E-state index contributed by atoms with van der Waals surface area (Å²) in [6.07, 6.45) is 5.54. The molecule has 1 aliphatic carbocycles. The number of amides is 1. The van der Waals surface area contributed by atoms with Crippen molar-refractivity contribution in [2.24, 2.45) is 0 Å². The molecule has 1 unspecified atom stereocenters. The minimum absolute atomic E-state index is 0.107. The van der Waals surface area contributed by atoms with E-state index in [1.807, 2.05) is 27.0 Å². The lowest BCUT2D eigenvalue weighted by Crippen LogP contribution is -2.38. The van der Waals surface area contributed by atoms with E-state index in [0.29, 0.717) is 0 Å². The van der Waals surface area contributed by atoms with E-state index < -0.39 is 5.60 Å². The monoisotopic (exact) mass is 312 g/mol. The number of aromatic amines is 1. The van der Waals surface area contributed by atoms with Crippen molar-refractivity contribution in [2.45, 2.75) is 52.2 Å². The van der Waals surface area contributed by atoms with Crippen molar-refractivity contribution in [3.05, 3.63) is 41.6 Å². The van der Waals surface area contributed by atoms with Crippen molar-refractivity contribution >= 4 is 22.6 Å². The Bertz CT molecular complexity index is 765. The SMILES string of the molecule is Cc1ccc(C2=CCC(NC(=O)OC(C)(C)C)C2)c2cc[nH]c12. The molecule has 0 spiro atoms. The summed E-state index contributed by atoms with van der Waals surface area (Å²) in [5, 5.41) is 4.21. The van der Waals surface area contributed by atoms with Crippen LogP contribution in [0.1, 0.15) is 44.7 Å². The van der Waals surface area contributed by atoms with Crippen LogP contribution in [0.5, 0.6) is 0 Å². The molecule has 1 atom stereocenters. The van der Waals surface area contributed by atoms with E-state index >= 15 is 0 Å². The van der Waals surface area contributed by atoms with Gasteiger partial charge in [0.25, 0.3) is 0 Å². The van der Waals surface area contributed by atoms with E-state index in [1.54, 1.807) is 0 Å². The first-order valence-electron chi connectivity index (χ1n) is 8.09. The number of H-pyrrole nitrogens is 1. The number of rotatable bonds is 2. The van der Waals surface area contributed by atoms with Gasteiger partial charge in [0.15, 0.2) is 0 Å². The Balaban J connectivity index is 1.71. The number of aromatic nitrogens is 1. The lowest BCUT2D eigenvalue weighted by Gasteiger charge is -2.21. The molecule has 23 heavy (non-hydrogen) atoms. The molecule has 2 aromatic rings. The molecule has 1 aliphatic rings. The fourth-order valence-electron chi connectivity index (χ4n) is 3.10. The molecule has 4 nitrogen and oxygen atoms in total. The second-order valence-corrected chi connectivity index (χ2v) is 7.21. The van der Waals surface area contributed by atoms with Crippen molar-refractivity contribution in [1.82, 2.24) is 10.3 Å². The van der Waals surface area contributed by atoms with Crippen LogP contribution in [0.3, 0.4) is 0 Å². The van der Waals surface area contributed by atoms with Gasteiger partial charge in [-0.1, -0.05) is 18.2 Å². The Labute approximate surface area is 136 Å². The Morgan fingerprint density at radius 1 is 1.30 bits per heavy atom. The van der Waals surface area contributed by atoms with Crippen LogP contribution in [-0.2, 0) is 4.74 Å². The quantitative estimate of drug-likeness (QED) is 0.855. The number of ether oxygens (including phenoxy) is 1. The summed E-state index contributed by atoms with van der Waals surface area (Å²) in [7, 11) is 0. The third-order valence-electron chi connectivity index (χ3n) is 4.11. The molecule has 0 saturated carbocycles. The molecule has 1 aromatic carbocycles. The third-order valence-corrected chi connectivity index (χ3v) is 4.11. The van der Waals surface area contributed by atoms with E-state index in [-0.39, 0.29) is 12.1 Å². The predicted molar refractivity (Wildman–Crippen MR) is 93.4 cm³/mol. The molecule has 122 valence electrons. The topological polar surface area (TPSA) is 54.1 Å². The van der Waals surface area contributed by atoms with E-state index in [9.17, 15) is 4.79 Å². The summed E-state index contributed by atoms with van der Waals surface area (Å²) in [6, 6.07) is 6.54. The lowest BCUT2D eigenvalue weighted by molar-refractivity contribution is 0.0507. The van der Waals surface area contributed by atoms with Crippen LogP contribution >= 0.6 is 0 Å². The summed E-state index contributed by atoms with van der Waals surface area (Å²) in [5.74, 6) is 0. The Morgan fingerprint density at radius 3 is 2.83 bits per heavy atom. The predicted octanol–water partition coefficient (Wildman–Crippen LogP) is 4.55. The molecule has 0 bridgehead atoms. The van der Waals surface area contributed by atoms with Gasteiger partial charge < -0.3 is 15.0 Å². The highest BCUT2D eigenvalue weighted by atomic mass is 16.6. The Hall–Kier alpha value is -2.23. The second-order valence-electron chi connectivity index (χ2n) is 7.21. The molecule has 1 amide bonds. The summed E-state index contributed by atoms with van der Waals surface area (Å²) in [5.41, 5.74) is 4.51. The highest BCUT2D eigenvalue weighted by molar-refractivity contribution is 5.94. The van der Waals surface area contributed by atoms with Crippen molar-refractivity contribution < 1.29 is 9.53 Å². The van der Waals surface area contributed by atoms with Crippen LogP contribution in [0.25, 0.3) is 16.5 Å². The number of hydrogen-bond acceptors (Lipinski definition) is 2. The smallest absolute Gasteiger partial charge is 0.407 e. The summed E-state index contributed by atoms with van der Waals surface area (Å²) in [6.45, 7) is 7.73. The van der Waals surface area contributed by atoms with Crippen LogP contribution in [0.2, 0.25) is 0 Å². The van der Waals surface area contributed by atoms with E-state index in [0.717, 1.165) is 12.8 Å². The minimum atomic E-state index is -0.465. The van der Waals surface area contributed by atoms with Gasteiger partial charge >= 0.3 is 6.09 Å². The molecule has 1 aromatic heterocycles. The van der Waals surface area contributed by atoms with Crippen molar-refractivity contribution in [3.8, 4) is 0 Å². The first-order valence-corrected chi connectivity index (χ1v) is 8.09. The zero-order valence-corrected chi connectivity index (χ0v) is 14.2. The maximum Gasteiger partial charge on any atom is 0.407 e. The van der Waals surface area contributed by atoms with E-state index in [2.05, 4.69) is 41.5 Å². The standard InChI is InChI=1S/C19H24N2O2/c1-12-5-8-15(16-9-10-20-17(12)16)13-6-7-14(11-13)21-18(22)23-19(2,3)4/h5-6,8-10,14,20H,7,11H2,1-4H3,(H,21,22). The fourth-order valence-corrected chi connectivity index (χ4v) is 3.10. The molecular formula is C19H24N2O2. The van der Waals surface area contributed by atoms with Crippen LogP contribution in [0.15, 0.2) is 30.5 Å². The number of carbonyl (C=O) groups is 1. The summed E-state index contributed by atoms with van der Waals surface area (Å²) >= 11 is 0. The highest BCUT2D eigenvalue weighted by Gasteiger charge is 2.24. The summed E-state index contributed by atoms with van der Waals surface area (Å²) in [4.78, 5) is 15.2. The molecule has 3 rings (SSSR count). The number of aryl methyl sites for hydroxylation is 1. The van der Waals surface area contributed by atoms with Gasteiger partial charge in [0.05, 0.1) is 0 Å². The van der Waals surface area contributed by atoms with Crippen molar-refractivity contribution in [2.75, 3.05) is 0 Å². The Kier molecular flexibility index (Phi) is 3.92. The van der Waals surface area contributed by atoms with Crippen molar-refractivity contribution in [1.29, 1.82) is 0 Å². The zero-order chi connectivity index (χ0) is 16.6. The van der Waals surface area contributed by atoms with Crippen LogP contribution < -0.4 is 5.32 Å². The highest BCUT2D eigenvalue weighted by Crippen LogP contribution is 2.33. The van der Waals surface area contributed by atoms with Gasteiger partial charge in [0, 0.05) is 23.1 Å². The zero-order valence-electron chi connectivity index (χ0n) is 14.2. The number of hydrogen-bond donors (Lipinski definition) is 2. The number of benzene rings is 1. The minimum Gasteiger partial charge on any atom is -0.444 e. The largest absolute Gasteiger partial charge is 0.444 e. The number of fused-ring (bicyclic) bond motifs is 1. The van der Waals surface area contributed by atoms with Crippen LogP contribution in [0, 0.1) is 6.92 Å². The van der Waals surface area contributed by atoms with Gasteiger partial charge in [-0.25, -0.2) is 4.79 Å². The second kappa shape index (κ2) is 5.76. The molecule has 0 fully saturated rings. The summed E-state index contributed by atoms with van der Waals surface area (Å²) < 4.78 is 5.34. The van der Waals surface area contributed by atoms with Crippen LogP contribution in [-0.4, -0.2) is 22.7 Å². The molecule has 2 N–H and O–H groups in total. The maximum absolute atomic E-state index is 11.9. The third kappa shape index (κ3) is 3.41. The van der Waals surface area contributed by atoms with Gasteiger partial charge in [0.1, 0.15) is 5.60 Å². The van der Waals surface area contributed by atoms with E-state index in [4.69, 9.17) is 4.74 Å². The maximum atomic E-state index is 11.9. The lowest BCUT2D eigenvalue weighted by atomic mass is 9.98. The van der Waals surface area contributed by atoms with Gasteiger partial charge in [-0.2, -0.15) is 0 Å². The number of alkyl carbamates (subject to hydrolysis) is 1.